The lowest BCUT2D eigenvalue weighted by Crippen LogP contribution is -2.15. The molecule has 0 aliphatic rings. The summed E-state index contributed by atoms with van der Waals surface area (Å²) in [7, 11) is 0. The van der Waals surface area contributed by atoms with Crippen LogP contribution in [0.4, 0.5) is 0 Å². The third-order valence-electron chi connectivity index (χ3n) is 2.17. The van der Waals surface area contributed by atoms with Gasteiger partial charge in [-0.25, -0.2) is 0 Å². The Bertz CT molecular complexity index is 333. The van der Waals surface area contributed by atoms with Crippen LogP contribution in [-0.2, 0) is 22.5 Å². The van der Waals surface area contributed by atoms with Gasteiger partial charge in [-0.3, -0.25) is 9.48 Å². The van der Waals surface area contributed by atoms with E-state index >= 15 is 0 Å². The number of carbonyl (C=O) groups is 1. The van der Waals surface area contributed by atoms with E-state index in [1.165, 1.54) is 0 Å². The van der Waals surface area contributed by atoms with Crippen molar-refractivity contribution in [3.63, 3.8) is 0 Å². The van der Waals surface area contributed by atoms with Crippen LogP contribution in [-0.4, -0.2) is 34.1 Å². The van der Waals surface area contributed by atoms with Crippen LogP contribution in [0.25, 0.3) is 0 Å². The lowest BCUT2D eigenvalue weighted by Gasteiger charge is -2.04. The summed E-state index contributed by atoms with van der Waals surface area (Å²) in [5, 5.41) is 12.9. The molecule has 0 aliphatic carbocycles. The van der Waals surface area contributed by atoms with E-state index in [9.17, 15) is 4.79 Å². The zero-order valence-corrected chi connectivity index (χ0v) is 9.06. The van der Waals surface area contributed by atoms with Crippen LogP contribution < -0.4 is 0 Å². The van der Waals surface area contributed by atoms with E-state index in [1.807, 2.05) is 6.92 Å². The standard InChI is InChI=1S/C10H16N2O3/c1-3-15-10(14)7-12-8(2)9(4-5-13)6-11-12/h6,13H,3-5,7H2,1-2H3. The molecule has 1 aromatic rings. The van der Waals surface area contributed by atoms with E-state index in [-0.39, 0.29) is 19.1 Å². The first-order valence-electron chi connectivity index (χ1n) is 4.96. The minimum absolute atomic E-state index is 0.0892. The SMILES string of the molecule is CCOC(=O)Cn1ncc(CCO)c1C. The summed E-state index contributed by atoms with van der Waals surface area (Å²) in [5.41, 5.74) is 1.86. The van der Waals surface area contributed by atoms with Crippen molar-refractivity contribution in [2.75, 3.05) is 13.2 Å². The Morgan fingerprint density at radius 1 is 1.67 bits per heavy atom. The predicted molar refractivity (Wildman–Crippen MR) is 54.4 cm³/mol. The van der Waals surface area contributed by atoms with Gasteiger partial charge in [0.05, 0.1) is 12.8 Å². The predicted octanol–water partition coefficient (Wildman–Crippen LogP) is 0.289. The Kier molecular flexibility index (Phi) is 4.30. The highest BCUT2D eigenvalue weighted by Crippen LogP contribution is 2.07. The van der Waals surface area contributed by atoms with E-state index < -0.39 is 0 Å². The smallest absolute Gasteiger partial charge is 0.327 e. The largest absolute Gasteiger partial charge is 0.465 e. The molecule has 84 valence electrons. The van der Waals surface area contributed by atoms with Crippen LogP contribution in [0.1, 0.15) is 18.2 Å². The number of hydrogen-bond donors (Lipinski definition) is 1. The second kappa shape index (κ2) is 5.50. The van der Waals surface area contributed by atoms with Crippen LogP contribution in [0, 0.1) is 6.92 Å². The number of esters is 1. The molecule has 0 saturated heterocycles. The molecule has 0 spiro atoms. The van der Waals surface area contributed by atoms with Gasteiger partial charge in [0.15, 0.2) is 0 Å². The van der Waals surface area contributed by atoms with Crippen LogP contribution in [0.5, 0.6) is 0 Å². The van der Waals surface area contributed by atoms with Gasteiger partial charge in [-0.15, -0.1) is 0 Å². The van der Waals surface area contributed by atoms with Crippen LogP contribution in [0.2, 0.25) is 0 Å². The maximum absolute atomic E-state index is 11.2. The van der Waals surface area contributed by atoms with Crippen molar-refractivity contribution in [1.82, 2.24) is 9.78 Å². The summed E-state index contributed by atoms with van der Waals surface area (Å²) in [5.74, 6) is -0.292. The van der Waals surface area contributed by atoms with Gasteiger partial charge < -0.3 is 9.84 Å². The topological polar surface area (TPSA) is 64.4 Å². The van der Waals surface area contributed by atoms with Crippen molar-refractivity contribution in [1.29, 1.82) is 0 Å². The van der Waals surface area contributed by atoms with Crippen molar-refractivity contribution < 1.29 is 14.6 Å². The summed E-state index contributed by atoms with van der Waals surface area (Å²) < 4.78 is 6.41. The lowest BCUT2D eigenvalue weighted by molar-refractivity contribution is -0.144. The second-order valence-electron chi connectivity index (χ2n) is 3.19. The Morgan fingerprint density at radius 2 is 2.40 bits per heavy atom. The maximum atomic E-state index is 11.2. The van der Waals surface area contributed by atoms with Gasteiger partial charge >= 0.3 is 5.97 Å². The number of ether oxygens (including phenoxy) is 1. The molecule has 1 rings (SSSR count). The summed E-state index contributed by atoms with van der Waals surface area (Å²) in [4.78, 5) is 11.2. The number of carbonyl (C=O) groups excluding carboxylic acids is 1. The summed E-state index contributed by atoms with van der Waals surface area (Å²) in [6.07, 6.45) is 2.24. The first-order valence-corrected chi connectivity index (χ1v) is 4.96. The molecule has 0 atom stereocenters. The van der Waals surface area contributed by atoms with Gasteiger partial charge in [0.25, 0.3) is 0 Å². The minimum Gasteiger partial charge on any atom is -0.465 e. The van der Waals surface area contributed by atoms with Crippen LogP contribution in [0.15, 0.2) is 6.20 Å². The van der Waals surface area contributed by atoms with Crippen LogP contribution >= 0.6 is 0 Å². The molecule has 0 aromatic carbocycles. The quantitative estimate of drug-likeness (QED) is 0.712. The van der Waals surface area contributed by atoms with E-state index in [0.717, 1.165) is 11.3 Å². The van der Waals surface area contributed by atoms with Crippen molar-refractivity contribution in [2.45, 2.75) is 26.8 Å². The molecular formula is C10H16N2O3. The molecule has 0 saturated carbocycles. The molecule has 1 heterocycles. The number of rotatable bonds is 5. The van der Waals surface area contributed by atoms with Gasteiger partial charge in [-0.1, -0.05) is 0 Å². The zero-order chi connectivity index (χ0) is 11.3. The summed E-state index contributed by atoms with van der Waals surface area (Å²) in [6, 6.07) is 0. The monoisotopic (exact) mass is 212 g/mol. The normalized spacial score (nSPS) is 10.3. The average Bonchev–Trinajstić information content (AvgIpc) is 2.51. The Hall–Kier alpha value is -1.36. The molecule has 15 heavy (non-hydrogen) atoms. The first-order chi connectivity index (χ1) is 7.19. The molecule has 0 bridgehead atoms. The molecule has 1 aromatic heterocycles. The van der Waals surface area contributed by atoms with E-state index in [4.69, 9.17) is 9.84 Å². The number of aromatic nitrogens is 2. The molecule has 5 nitrogen and oxygen atoms in total. The lowest BCUT2D eigenvalue weighted by atomic mass is 10.2. The minimum atomic E-state index is -0.292. The highest BCUT2D eigenvalue weighted by Gasteiger charge is 2.09. The van der Waals surface area contributed by atoms with E-state index in [1.54, 1.807) is 17.8 Å². The van der Waals surface area contributed by atoms with Gasteiger partial charge in [-0.2, -0.15) is 5.10 Å². The Labute approximate surface area is 88.7 Å². The van der Waals surface area contributed by atoms with Gasteiger partial charge in [0, 0.05) is 12.3 Å². The zero-order valence-electron chi connectivity index (χ0n) is 9.06. The third kappa shape index (κ3) is 3.06. The Balaban J connectivity index is 2.65. The number of aliphatic hydroxyl groups is 1. The fourth-order valence-electron chi connectivity index (χ4n) is 1.34. The van der Waals surface area contributed by atoms with Crippen molar-refractivity contribution >= 4 is 5.97 Å². The highest BCUT2D eigenvalue weighted by atomic mass is 16.5. The molecule has 1 N–H and O–H groups in total. The van der Waals surface area contributed by atoms with E-state index in [0.29, 0.717) is 13.0 Å². The molecular weight excluding hydrogens is 196 g/mol. The molecule has 0 fully saturated rings. The van der Waals surface area contributed by atoms with Gasteiger partial charge in [-0.05, 0) is 25.8 Å². The molecule has 0 aliphatic heterocycles. The van der Waals surface area contributed by atoms with Crippen molar-refractivity contribution in [3.8, 4) is 0 Å². The fraction of sp³-hybridized carbons (Fsp3) is 0.600. The highest BCUT2D eigenvalue weighted by molar-refractivity contribution is 5.69. The molecule has 0 amide bonds. The van der Waals surface area contributed by atoms with Crippen molar-refractivity contribution in [3.05, 3.63) is 17.5 Å². The molecule has 0 radical (unpaired) electrons. The Morgan fingerprint density at radius 3 is 3.00 bits per heavy atom. The van der Waals surface area contributed by atoms with Gasteiger partial charge in [0.2, 0.25) is 0 Å². The fourth-order valence-corrected chi connectivity index (χ4v) is 1.34. The number of aliphatic hydroxyl groups excluding tert-OH is 1. The van der Waals surface area contributed by atoms with Gasteiger partial charge in [0.1, 0.15) is 6.54 Å². The average molecular weight is 212 g/mol. The summed E-state index contributed by atoms with van der Waals surface area (Å²) in [6.45, 7) is 4.24. The van der Waals surface area contributed by atoms with Crippen LogP contribution in [0.3, 0.4) is 0 Å². The second-order valence-corrected chi connectivity index (χ2v) is 3.19. The number of hydrogen-bond acceptors (Lipinski definition) is 4. The third-order valence-corrected chi connectivity index (χ3v) is 2.17. The number of nitrogens with zero attached hydrogens (tertiary/aromatic N) is 2. The van der Waals surface area contributed by atoms with Crippen molar-refractivity contribution in [2.24, 2.45) is 0 Å². The summed E-state index contributed by atoms with van der Waals surface area (Å²) >= 11 is 0. The maximum Gasteiger partial charge on any atom is 0.327 e. The van der Waals surface area contributed by atoms with E-state index in [2.05, 4.69) is 5.10 Å². The molecule has 0 unspecified atom stereocenters. The first kappa shape index (κ1) is 11.7. The molecule has 5 heteroatoms.